The third kappa shape index (κ3) is 3.13. The normalized spacial score (nSPS) is 31.6. The van der Waals surface area contributed by atoms with Crippen molar-refractivity contribution in [3.8, 4) is 0 Å². The van der Waals surface area contributed by atoms with E-state index in [1.165, 1.54) is 56.1 Å². The third-order valence-corrected chi connectivity index (χ3v) is 6.98. The molecule has 0 radical (unpaired) electrons. The fourth-order valence-electron chi connectivity index (χ4n) is 4.38. The summed E-state index contributed by atoms with van der Waals surface area (Å²) in [7, 11) is 0. The lowest BCUT2D eigenvalue weighted by atomic mass is 9.66. The molecule has 0 heterocycles. The van der Waals surface area contributed by atoms with E-state index in [0.717, 1.165) is 24.2 Å². The Morgan fingerprint density at radius 2 is 1.70 bits per heavy atom. The molecule has 2 aliphatic carbocycles. The lowest BCUT2D eigenvalue weighted by molar-refractivity contribution is 0.129. The molecule has 3 rings (SSSR count). The average Bonchev–Trinajstić information content (AvgIpc) is 2.54. The minimum Gasteiger partial charge on any atom is -0.0836 e. The molecular formula is C19H27Br. The lowest BCUT2D eigenvalue weighted by Gasteiger charge is -2.41. The number of rotatable bonds is 3. The van der Waals surface area contributed by atoms with Gasteiger partial charge >= 0.3 is 0 Å². The fraction of sp³-hybridized carbons (Fsp3) is 0.684. The maximum atomic E-state index is 4.01. The Morgan fingerprint density at radius 1 is 1.00 bits per heavy atom. The predicted molar refractivity (Wildman–Crippen MR) is 90.3 cm³/mol. The maximum Gasteiger partial charge on any atom is 0.0423 e. The lowest BCUT2D eigenvalue weighted by Crippen LogP contribution is -2.29. The molecule has 2 aliphatic rings. The molecule has 4 atom stereocenters. The first-order valence-corrected chi connectivity index (χ1v) is 9.42. The van der Waals surface area contributed by atoms with Crippen LogP contribution in [0.2, 0.25) is 0 Å². The summed E-state index contributed by atoms with van der Waals surface area (Å²) in [5, 5.41) is 0. The van der Waals surface area contributed by atoms with Crippen LogP contribution >= 0.6 is 15.9 Å². The van der Waals surface area contributed by atoms with Crippen molar-refractivity contribution in [1.82, 2.24) is 0 Å². The molecule has 0 saturated heterocycles. The second kappa shape index (κ2) is 6.64. The summed E-state index contributed by atoms with van der Waals surface area (Å²) in [6.45, 7) is 2.23. The largest absolute Gasteiger partial charge is 0.0836 e. The smallest absolute Gasteiger partial charge is 0.0423 e. The summed E-state index contributed by atoms with van der Waals surface area (Å²) < 4.78 is 0. The number of benzene rings is 1. The molecule has 4 unspecified atom stereocenters. The van der Waals surface area contributed by atoms with E-state index < -0.39 is 0 Å². The van der Waals surface area contributed by atoms with Gasteiger partial charge in [0, 0.05) is 4.83 Å². The topological polar surface area (TPSA) is 0 Å². The molecule has 0 aromatic heterocycles. The molecule has 2 saturated carbocycles. The number of hydrogen-bond acceptors (Lipinski definition) is 0. The van der Waals surface area contributed by atoms with Crippen LogP contribution < -0.4 is 0 Å². The van der Waals surface area contributed by atoms with E-state index in [0.29, 0.717) is 4.83 Å². The van der Waals surface area contributed by atoms with E-state index in [2.05, 4.69) is 47.1 Å². The van der Waals surface area contributed by atoms with Crippen molar-refractivity contribution in [3.63, 3.8) is 0 Å². The Balaban J connectivity index is 1.65. The van der Waals surface area contributed by atoms with Gasteiger partial charge in [-0.05, 0) is 54.6 Å². The van der Waals surface area contributed by atoms with E-state index in [1.54, 1.807) is 0 Å². The highest BCUT2D eigenvalue weighted by molar-refractivity contribution is 9.09. The SMILES string of the molecule is CCc1ccc(C(Br)C2CCC3CCCCC3C2)cc1. The molecule has 110 valence electrons. The molecule has 1 aromatic rings. The summed E-state index contributed by atoms with van der Waals surface area (Å²) in [6, 6.07) is 9.28. The summed E-state index contributed by atoms with van der Waals surface area (Å²) in [6.07, 6.45) is 11.5. The fourth-order valence-corrected chi connectivity index (χ4v) is 5.17. The first-order valence-electron chi connectivity index (χ1n) is 8.51. The van der Waals surface area contributed by atoms with Crippen molar-refractivity contribution in [1.29, 1.82) is 0 Å². The third-order valence-electron chi connectivity index (χ3n) is 5.70. The second-order valence-corrected chi connectivity index (χ2v) is 7.86. The van der Waals surface area contributed by atoms with E-state index in [-0.39, 0.29) is 0 Å². The standard InChI is InChI=1S/C19H27Br/c1-2-14-7-9-16(10-8-14)19(20)18-12-11-15-5-3-4-6-17(15)13-18/h7-10,15,17-19H,2-6,11-13H2,1H3. The van der Waals surface area contributed by atoms with Crippen molar-refractivity contribution in [2.45, 2.75) is 63.1 Å². The number of hydrogen-bond donors (Lipinski definition) is 0. The summed E-state index contributed by atoms with van der Waals surface area (Å²) in [5.74, 6) is 2.93. The van der Waals surface area contributed by atoms with Gasteiger partial charge in [-0.2, -0.15) is 0 Å². The van der Waals surface area contributed by atoms with Gasteiger partial charge in [0.2, 0.25) is 0 Å². The number of alkyl halides is 1. The van der Waals surface area contributed by atoms with Gasteiger partial charge in [-0.25, -0.2) is 0 Å². The molecule has 0 amide bonds. The second-order valence-electron chi connectivity index (χ2n) is 6.87. The molecule has 0 N–H and O–H groups in total. The van der Waals surface area contributed by atoms with Crippen LogP contribution in [0.4, 0.5) is 0 Å². The monoisotopic (exact) mass is 334 g/mol. The van der Waals surface area contributed by atoms with E-state index in [1.807, 2.05) is 0 Å². The van der Waals surface area contributed by atoms with Gasteiger partial charge in [0.25, 0.3) is 0 Å². The Kier molecular flexibility index (Phi) is 4.86. The Bertz CT molecular complexity index is 422. The zero-order valence-electron chi connectivity index (χ0n) is 12.7. The Morgan fingerprint density at radius 3 is 2.40 bits per heavy atom. The Labute approximate surface area is 132 Å². The van der Waals surface area contributed by atoms with Gasteiger partial charge in [-0.3, -0.25) is 0 Å². The minimum absolute atomic E-state index is 0.566. The molecule has 2 fully saturated rings. The molecule has 0 aliphatic heterocycles. The number of fused-ring (bicyclic) bond motifs is 1. The van der Waals surface area contributed by atoms with Crippen LogP contribution in [-0.4, -0.2) is 0 Å². The van der Waals surface area contributed by atoms with Crippen LogP contribution in [-0.2, 0) is 6.42 Å². The minimum atomic E-state index is 0.566. The highest BCUT2D eigenvalue weighted by Crippen LogP contribution is 2.48. The zero-order valence-corrected chi connectivity index (χ0v) is 14.2. The van der Waals surface area contributed by atoms with Crippen LogP contribution in [0.5, 0.6) is 0 Å². The maximum absolute atomic E-state index is 4.01. The van der Waals surface area contributed by atoms with Crippen molar-refractivity contribution < 1.29 is 0 Å². The molecular weight excluding hydrogens is 308 g/mol. The summed E-state index contributed by atoms with van der Waals surface area (Å²) in [5.41, 5.74) is 2.94. The highest BCUT2D eigenvalue weighted by atomic mass is 79.9. The number of aryl methyl sites for hydroxylation is 1. The zero-order chi connectivity index (χ0) is 13.9. The molecule has 1 aromatic carbocycles. The van der Waals surface area contributed by atoms with Crippen LogP contribution in [0.1, 0.15) is 67.8 Å². The number of halogens is 1. The van der Waals surface area contributed by atoms with Crippen LogP contribution in [0.15, 0.2) is 24.3 Å². The average molecular weight is 335 g/mol. The van der Waals surface area contributed by atoms with Gasteiger partial charge in [-0.15, -0.1) is 0 Å². The predicted octanol–water partition coefficient (Wildman–Crippen LogP) is 6.29. The van der Waals surface area contributed by atoms with Crippen molar-refractivity contribution in [2.24, 2.45) is 17.8 Å². The van der Waals surface area contributed by atoms with E-state index >= 15 is 0 Å². The molecule has 1 heteroatoms. The van der Waals surface area contributed by atoms with Gasteiger partial charge in [-0.1, -0.05) is 72.8 Å². The molecule has 0 spiro atoms. The van der Waals surface area contributed by atoms with Crippen LogP contribution in [0.3, 0.4) is 0 Å². The first-order chi connectivity index (χ1) is 9.78. The van der Waals surface area contributed by atoms with Gasteiger partial charge < -0.3 is 0 Å². The van der Waals surface area contributed by atoms with Crippen molar-refractivity contribution in [3.05, 3.63) is 35.4 Å². The van der Waals surface area contributed by atoms with Crippen LogP contribution in [0.25, 0.3) is 0 Å². The van der Waals surface area contributed by atoms with Crippen molar-refractivity contribution >= 4 is 15.9 Å². The Hall–Kier alpha value is -0.300. The quantitative estimate of drug-likeness (QED) is 0.569. The molecule has 0 bridgehead atoms. The van der Waals surface area contributed by atoms with Gasteiger partial charge in [0.15, 0.2) is 0 Å². The summed E-state index contributed by atoms with van der Waals surface area (Å²) in [4.78, 5) is 0.566. The van der Waals surface area contributed by atoms with Gasteiger partial charge in [0.1, 0.15) is 0 Å². The van der Waals surface area contributed by atoms with Crippen molar-refractivity contribution in [2.75, 3.05) is 0 Å². The van der Waals surface area contributed by atoms with E-state index in [4.69, 9.17) is 0 Å². The molecule has 20 heavy (non-hydrogen) atoms. The highest BCUT2D eigenvalue weighted by Gasteiger charge is 2.34. The van der Waals surface area contributed by atoms with E-state index in [9.17, 15) is 0 Å². The van der Waals surface area contributed by atoms with Crippen LogP contribution in [0, 0.1) is 17.8 Å². The molecule has 0 nitrogen and oxygen atoms in total. The first kappa shape index (κ1) is 14.6. The summed E-state index contributed by atoms with van der Waals surface area (Å²) >= 11 is 4.01. The van der Waals surface area contributed by atoms with Gasteiger partial charge in [0.05, 0.1) is 0 Å².